The van der Waals surface area contributed by atoms with Crippen molar-refractivity contribution in [3.63, 3.8) is 0 Å². The van der Waals surface area contributed by atoms with Gasteiger partial charge in [0.25, 0.3) is 0 Å². The maximum atomic E-state index is 11.1. The maximum absolute atomic E-state index is 11.1. The first-order valence-corrected chi connectivity index (χ1v) is 6.73. The second-order valence-electron chi connectivity index (χ2n) is 3.64. The molecule has 0 radical (unpaired) electrons. The zero-order valence-electron chi connectivity index (χ0n) is 10.8. The topological polar surface area (TPSA) is 47.6 Å². The van der Waals surface area contributed by atoms with Crippen LogP contribution < -0.4 is 5.32 Å². The van der Waals surface area contributed by atoms with E-state index in [4.69, 9.17) is 4.74 Å². The molecule has 1 aromatic carbocycles. The molecule has 0 bridgehead atoms. The van der Waals surface area contributed by atoms with Gasteiger partial charge in [-0.25, -0.2) is 0 Å². The Kier molecular flexibility index (Phi) is 7.48. The van der Waals surface area contributed by atoms with Crippen LogP contribution in [0, 0.1) is 0 Å². The summed E-state index contributed by atoms with van der Waals surface area (Å²) in [6.45, 7) is 2.28. The van der Waals surface area contributed by atoms with Crippen molar-refractivity contribution in [3.8, 4) is 0 Å². The molecule has 0 amide bonds. The number of benzene rings is 1. The van der Waals surface area contributed by atoms with Crippen molar-refractivity contribution in [2.24, 2.45) is 0 Å². The molecule has 1 aromatic rings. The molecule has 0 unspecified atom stereocenters. The van der Waals surface area contributed by atoms with E-state index in [2.05, 4.69) is 16.1 Å². The smallest absolute Gasteiger partial charge is 0.315 e. The monoisotopic (exact) mass is 269 g/mol. The van der Waals surface area contributed by atoms with E-state index in [1.165, 1.54) is 24.4 Å². The van der Waals surface area contributed by atoms with Gasteiger partial charge in [0, 0.05) is 25.1 Å². The second-order valence-corrected chi connectivity index (χ2v) is 4.66. The van der Waals surface area contributed by atoms with Gasteiger partial charge in [0.1, 0.15) is 0 Å². The van der Waals surface area contributed by atoms with E-state index < -0.39 is 0 Å². The minimum atomic E-state index is -0.206. The quantitative estimate of drug-likeness (QED) is 0.442. The zero-order valence-corrected chi connectivity index (χ0v) is 11.6. The predicted octanol–water partition coefficient (Wildman–Crippen LogP) is 1.69. The average molecular weight is 269 g/mol. The van der Waals surface area contributed by atoms with Gasteiger partial charge in [-0.3, -0.25) is 4.79 Å². The first-order chi connectivity index (χ1) is 8.77. The van der Waals surface area contributed by atoms with Crippen LogP contribution in [0.1, 0.15) is 5.56 Å². The normalized spacial score (nSPS) is 10.3. The summed E-state index contributed by atoms with van der Waals surface area (Å²) >= 11 is 1.50. The van der Waals surface area contributed by atoms with Gasteiger partial charge in [-0.1, -0.05) is 18.2 Å². The molecule has 0 heterocycles. The van der Waals surface area contributed by atoms with Crippen molar-refractivity contribution in [2.75, 3.05) is 33.1 Å². The number of thioether (sulfide) groups is 1. The highest BCUT2D eigenvalue weighted by molar-refractivity contribution is 8.00. The Labute approximate surface area is 112 Å². The molecule has 100 valence electrons. The molecule has 1 N–H and O–H groups in total. The largest absolute Gasteiger partial charge is 0.468 e. The standard InChI is InChI=1S/C13H19NO3S/c1-16-8-7-14-9-11-5-3-4-6-12(11)18-10-13(15)17-2/h3-6,14H,7-10H2,1-2H3. The summed E-state index contributed by atoms with van der Waals surface area (Å²) in [5.74, 6) is 0.133. The molecule has 0 saturated heterocycles. The Morgan fingerprint density at radius 1 is 1.33 bits per heavy atom. The van der Waals surface area contributed by atoms with Gasteiger partial charge >= 0.3 is 5.97 Å². The molecule has 0 aliphatic rings. The number of methoxy groups -OCH3 is 2. The second kappa shape index (κ2) is 8.97. The number of carbonyl (C=O) groups excluding carboxylic acids is 1. The van der Waals surface area contributed by atoms with Crippen LogP contribution in [0.5, 0.6) is 0 Å². The minimum absolute atomic E-state index is 0.206. The third kappa shape index (κ3) is 5.53. The molecule has 4 nitrogen and oxygen atoms in total. The summed E-state index contributed by atoms with van der Waals surface area (Å²) in [7, 11) is 3.09. The molecule has 1 rings (SSSR count). The third-order valence-corrected chi connectivity index (χ3v) is 3.43. The molecule has 0 saturated carbocycles. The van der Waals surface area contributed by atoms with Crippen molar-refractivity contribution in [1.29, 1.82) is 0 Å². The van der Waals surface area contributed by atoms with E-state index >= 15 is 0 Å². The summed E-state index contributed by atoms with van der Waals surface area (Å²) in [6, 6.07) is 8.04. The Balaban J connectivity index is 2.48. The van der Waals surface area contributed by atoms with Crippen molar-refractivity contribution in [3.05, 3.63) is 29.8 Å². The maximum Gasteiger partial charge on any atom is 0.315 e. The highest BCUT2D eigenvalue weighted by Crippen LogP contribution is 2.22. The van der Waals surface area contributed by atoms with Crippen LogP contribution in [-0.2, 0) is 20.8 Å². The van der Waals surface area contributed by atoms with Gasteiger partial charge in [-0.05, 0) is 11.6 Å². The van der Waals surface area contributed by atoms with Crippen LogP contribution in [0.25, 0.3) is 0 Å². The Bertz CT molecular complexity index is 371. The highest BCUT2D eigenvalue weighted by Gasteiger charge is 2.05. The Morgan fingerprint density at radius 3 is 2.83 bits per heavy atom. The number of nitrogens with one attached hydrogen (secondary N) is 1. The lowest BCUT2D eigenvalue weighted by Crippen LogP contribution is -2.19. The van der Waals surface area contributed by atoms with Crippen LogP contribution in [-0.4, -0.2) is 39.1 Å². The lowest BCUT2D eigenvalue weighted by Gasteiger charge is -2.09. The lowest BCUT2D eigenvalue weighted by molar-refractivity contribution is -0.137. The van der Waals surface area contributed by atoms with E-state index in [1.54, 1.807) is 7.11 Å². The van der Waals surface area contributed by atoms with E-state index in [9.17, 15) is 4.79 Å². The number of carbonyl (C=O) groups is 1. The molecule has 0 fully saturated rings. The van der Waals surface area contributed by atoms with E-state index in [0.29, 0.717) is 12.4 Å². The van der Waals surface area contributed by atoms with Crippen LogP contribution in [0.4, 0.5) is 0 Å². The fourth-order valence-electron chi connectivity index (χ4n) is 1.38. The number of hydrogen-bond donors (Lipinski definition) is 1. The van der Waals surface area contributed by atoms with Gasteiger partial charge < -0.3 is 14.8 Å². The average Bonchev–Trinajstić information content (AvgIpc) is 2.42. The zero-order chi connectivity index (χ0) is 13.2. The van der Waals surface area contributed by atoms with Crippen molar-refractivity contribution in [2.45, 2.75) is 11.4 Å². The molecule has 0 atom stereocenters. The van der Waals surface area contributed by atoms with Gasteiger partial charge in [0.05, 0.1) is 19.5 Å². The molecule has 0 aliphatic carbocycles. The molecular weight excluding hydrogens is 250 g/mol. The van der Waals surface area contributed by atoms with Crippen LogP contribution in [0.3, 0.4) is 0 Å². The Hall–Kier alpha value is -1.04. The minimum Gasteiger partial charge on any atom is -0.468 e. The fraction of sp³-hybridized carbons (Fsp3) is 0.462. The molecular formula is C13H19NO3S. The highest BCUT2D eigenvalue weighted by atomic mass is 32.2. The lowest BCUT2D eigenvalue weighted by atomic mass is 10.2. The molecule has 0 aliphatic heterocycles. The fourth-order valence-corrected chi connectivity index (χ4v) is 2.28. The summed E-state index contributed by atoms with van der Waals surface area (Å²) in [4.78, 5) is 12.2. The first-order valence-electron chi connectivity index (χ1n) is 5.75. The first kappa shape index (κ1) is 15.0. The summed E-state index contributed by atoms with van der Waals surface area (Å²) < 4.78 is 9.61. The van der Waals surface area contributed by atoms with Gasteiger partial charge in [0.2, 0.25) is 0 Å². The number of hydrogen-bond acceptors (Lipinski definition) is 5. The summed E-state index contributed by atoms with van der Waals surface area (Å²) in [5.41, 5.74) is 1.18. The van der Waals surface area contributed by atoms with Crippen LogP contribution in [0.2, 0.25) is 0 Å². The summed E-state index contributed by atoms with van der Waals surface area (Å²) in [5, 5.41) is 3.29. The van der Waals surface area contributed by atoms with Gasteiger partial charge in [-0.2, -0.15) is 0 Å². The number of ether oxygens (including phenoxy) is 2. The summed E-state index contributed by atoms with van der Waals surface area (Å²) in [6.07, 6.45) is 0. The molecule has 5 heteroatoms. The van der Waals surface area contributed by atoms with Gasteiger partial charge in [0.15, 0.2) is 0 Å². The van der Waals surface area contributed by atoms with Crippen molar-refractivity contribution < 1.29 is 14.3 Å². The Morgan fingerprint density at radius 2 is 2.11 bits per heavy atom. The van der Waals surface area contributed by atoms with Crippen molar-refractivity contribution in [1.82, 2.24) is 5.32 Å². The van der Waals surface area contributed by atoms with Crippen LogP contribution in [0.15, 0.2) is 29.2 Å². The van der Waals surface area contributed by atoms with Gasteiger partial charge in [-0.15, -0.1) is 11.8 Å². The predicted molar refractivity (Wildman–Crippen MR) is 72.8 cm³/mol. The molecule has 0 aromatic heterocycles. The number of rotatable bonds is 8. The third-order valence-electron chi connectivity index (χ3n) is 2.34. The van der Waals surface area contributed by atoms with Crippen LogP contribution >= 0.6 is 11.8 Å². The number of esters is 1. The SMILES string of the molecule is COCCNCc1ccccc1SCC(=O)OC. The molecule has 0 spiro atoms. The molecule has 18 heavy (non-hydrogen) atoms. The van der Waals surface area contributed by atoms with E-state index in [-0.39, 0.29) is 5.97 Å². The van der Waals surface area contributed by atoms with E-state index in [1.807, 2.05) is 18.2 Å². The van der Waals surface area contributed by atoms with Crippen molar-refractivity contribution >= 4 is 17.7 Å². The van der Waals surface area contributed by atoms with E-state index in [0.717, 1.165) is 18.0 Å².